The van der Waals surface area contributed by atoms with Crippen molar-refractivity contribution in [1.29, 1.82) is 0 Å². The van der Waals surface area contributed by atoms with Gasteiger partial charge in [0.25, 0.3) is 0 Å². The lowest BCUT2D eigenvalue weighted by Crippen LogP contribution is -1.87. The number of hydrogen-bond donors (Lipinski definition) is 0. The highest BCUT2D eigenvalue weighted by Gasteiger charge is 2.13. The summed E-state index contributed by atoms with van der Waals surface area (Å²) in [6.45, 7) is 2.25. The van der Waals surface area contributed by atoms with Gasteiger partial charge in [-0.3, -0.25) is 0 Å². The van der Waals surface area contributed by atoms with Gasteiger partial charge in [-0.1, -0.05) is 61.9 Å². The van der Waals surface area contributed by atoms with E-state index in [1.54, 1.807) is 0 Å². The van der Waals surface area contributed by atoms with Crippen LogP contribution in [-0.4, -0.2) is 4.40 Å². The maximum Gasteiger partial charge on any atom is 0.0488 e. The molecule has 108 valence electrons. The summed E-state index contributed by atoms with van der Waals surface area (Å²) in [6, 6.07) is 21.7. The second kappa shape index (κ2) is 5.34. The summed E-state index contributed by atoms with van der Waals surface area (Å²) in [4.78, 5) is 0. The zero-order chi connectivity index (χ0) is 14.9. The largest absolute Gasteiger partial charge is 0.323 e. The molecular formula is C21H19N. The maximum absolute atomic E-state index is 2.28. The molecule has 2 aromatic heterocycles. The molecule has 0 aliphatic rings. The van der Waals surface area contributed by atoms with Crippen molar-refractivity contribution in [2.75, 3.05) is 0 Å². The molecule has 0 saturated carbocycles. The van der Waals surface area contributed by atoms with Crippen molar-refractivity contribution in [2.45, 2.75) is 19.8 Å². The predicted octanol–water partition coefficient (Wildman–Crippen LogP) is 5.71. The summed E-state index contributed by atoms with van der Waals surface area (Å²) in [5.41, 5.74) is 5.49. The highest BCUT2D eigenvalue weighted by Crippen LogP contribution is 2.34. The Morgan fingerprint density at radius 2 is 1.64 bits per heavy atom. The monoisotopic (exact) mass is 285 g/mol. The number of hydrogen-bond acceptors (Lipinski definition) is 0. The van der Waals surface area contributed by atoms with Crippen molar-refractivity contribution < 1.29 is 0 Å². The standard InChI is InChI=1S/C21H19N/c1-2-8-19-20(15-22-14-6-5-13-21(19)22)18-12-7-10-16-9-3-4-11-17(16)18/h3-7,9-15H,2,8H2,1H3. The van der Waals surface area contributed by atoms with Crippen LogP contribution in [0.1, 0.15) is 18.9 Å². The van der Waals surface area contributed by atoms with Gasteiger partial charge in [0, 0.05) is 23.5 Å². The van der Waals surface area contributed by atoms with Crippen molar-refractivity contribution in [3.63, 3.8) is 0 Å². The number of pyridine rings is 1. The van der Waals surface area contributed by atoms with Gasteiger partial charge in [0.05, 0.1) is 0 Å². The molecule has 2 aromatic carbocycles. The molecule has 1 nitrogen and oxygen atoms in total. The third-order valence-corrected chi connectivity index (χ3v) is 4.37. The molecule has 4 aromatic rings. The molecule has 0 saturated heterocycles. The molecule has 2 heterocycles. The molecule has 22 heavy (non-hydrogen) atoms. The van der Waals surface area contributed by atoms with E-state index in [0.717, 1.165) is 12.8 Å². The van der Waals surface area contributed by atoms with Crippen LogP contribution in [0, 0.1) is 0 Å². The first-order valence-electron chi connectivity index (χ1n) is 7.95. The molecule has 0 radical (unpaired) electrons. The fourth-order valence-electron chi connectivity index (χ4n) is 3.38. The quantitative estimate of drug-likeness (QED) is 0.454. The Hall–Kier alpha value is -2.54. The normalized spacial score (nSPS) is 11.3. The average molecular weight is 285 g/mol. The van der Waals surface area contributed by atoms with Crippen LogP contribution in [0.2, 0.25) is 0 Å². The minimum Gasteiger partial charge on any atom is -0.323 e. The van der Waals surface area contributed by atoms with Gasteiger partial charge in [0.2, 0.25) is 0 Å². The number of nitrogens with zero attached hydrogens (tertiary/aromatic N) is 1. The summed E-state index contributed by atoms with van der Waals surface area (Å²) in [7, 11) is 0. The second-order valence-corrected chi connectivity index (χ2v) is 5.79. The third-order valence-electron chi connectivity index (χ3n) is 4.37. The lowest BCUT2D eigenvalue weighted by Gasteiger charge is -2.08. The third kappa shape index (κ3) is 2.01. The highest BCUT2D eigenvalue weighted by molar-refractivity contribution is 5.98. The van der Waals surface area contributed by atoms with Gasteiger partial charge in [-0.2, -0.15) is 0 Å². The SMILES string of the molecule is CCCc1c(-c2cccc3ccccc23)cn2ccccc12. The zero-order valence-electron chi connectivity index (χ0n) is 12.8. The topological polar surface area (TPSA) is 4.41 Å². The molecule has 4 rings (SSSR count). The Labute approximate surface area is 130 Å². The van der Waals surface area contributed by atoms with Gasteiger partial charge in [-0.25, -0.2) is 0 Å². The van der Waals surface area contributed by atoms with Crippen LogP contribution >= 0.6 is 0 Å². The van der Waals surface area contributed by atoms with Crippen molar-refractivity contribution in [2.24, 2.45) is 0 Å². The number of fused-ring (bicyclic) bond motifs is 2. The van der Waals surface area contributed by atoms with E-state index in [1.807, 2.05) is 0 Å². The van der Waals surface area contributed by atoms with Crippen LogP contribution < -0.4 is 0 Å². The summed E-state index contributed by atoms with van der Waals surface area (Å²) in [6.07, 6.45) is 6.69. The Morgan fingerprint density at radius 1 is 0.818 bits per heavy atom. The van der Waals surface area contributed by atoms with Crippen molar-refractivity contribution >= 4 is 16.3 Å². The molecular weight excluding hydrogens is 266 g/mol. The van der Waals surface area contributed by atoms with Crippen molar-refractivity contribution in [1.82, 2.24) is 4.40 Å². The predicted molar refractivity (Wildman–Crippen MR) is 94.3 cm³/mol. The minimum absolute atomic E-state index is 1.11. The lowest BCUT2D eigenvalue weighted by atomic mass is 9.95. The number of rotatable bonds is 3. The van der Waals surface area contributed by atoms with Crippen LogP contribution in [-0.2, 0) is 6.42 Å². The summed E-state index contributed by atoms with van der Waals surface area (Å²) >= 11 is 0. The highest BCUT2D eigenvalue weighted by atomic mass is 14.9. The maximum atomic E-state index is 2.28. The molecule has 0 unspecified atom stereocenters. The van der Waals surface area contributed by atoms with E-state index in [0.29, 0.717) is 0 Å². The van der Waals surface area contributed by atoms with E-state index in [2.05, 4.69) is 84.4 Å². The van der Waals surface area contributed by atoms with Gasteiger partial charge in [0.15, 0.2) is 0 Å². The zero-order valence-corrected chi connectivity index (χ0v) is 12.8. The molecule has 0 N–H and O–H groups in total. The molecule has 0 spiro atoms. The van der Waals surface area contributed by atoms with Crippen LogP contribution in [0.25, 0.3) is 27.4 Å². The summed E-state index contributed by atoms with van der Waals surface area (Å²) in [5.74, 6) is 0. The van der Waals surface area contributed by atoms with Crippen molar-refractivity contribution in [3.05, 3.63) is 78.6 Å². The average Bonchev–Trinajstić information content (AvgIpc) is 2.93. The summed E-state index contributed by atoms with van der Waals surface area (Å²) < 4.78 is 2.25. The molecule has 0 aliphatic heterocycles. The molecule has 0 atom stereocenters. The van der Waals surface area contributed by atoms with E-state index in [-0.39, 0.29) is 0 Å². The van der Waals surface area contributed by atoms with Gasteiger partial charge < -0.3 is 4.40 Å². The van der Waals surface area contributed by atoms with Crippen molar-refractivity contribution in [3.8, 4) is 11.1 Å². The molecule has 0 bridgehead atoms. The van der Waals surface area contributed by atoms with E-state index in [1.165, 1.54) is 33.0 Å². The van der Waals surface area contributed by atoms with E-state index in [9.17, 15) is 0 Å². The number of benzene rings is 2. The fraction of sp³-hybridized carbons (Fsp3) is 0.143. The van der Waals surface area contributed by atoms with Gasteiger partial charge in [0.1, 0.15) is 0 Å². The molecule has 0 aliphatic carbocycles. The van der Waals surface area contributed by atoms with Crippen LogP contribution in [0.3, 0.4) is 0 Å². The van der Waals surface area contributed by atoms with E-state index >= 15 is 0 Å². The Morgan fingerprint density at radius 3 is 2.55 bits per heavy atom. The Kier molecular flexibility index (Phi) is 3.19. The first-order valence-corrected chi connectivity index (χ1v) is 7.95. The first kappa shape index (κ1) is 13.1. The van der Waals surface area contributed by atoms with Gasteiger partial charge >= 0.3 is 0 Å². The van der Waals surface area contributed by atoms with E-state index < -0.39 is 0 Å². The number of aryl methyl sites for hydroxylation is 1. The Bertz CT molecular complexity index is 941. The lowest BCUT2D eigenvalue weighted by molar-refractivity contribution is 0.931. The van der Waals surface area contributed by atoms with Gasteiger partial charge in [-0.15, -0.1) is 0 Å². The molecule has 0 amide bonds. The van der Waals surface area contributed by atoms with Crippen LogP contribution in [0.4, 0.5) is 0 Å². The van der Waals surface area contributed by atoms with Gasteiger partial charge in [-0.05, 0) is 40.5 Å². The number of aromatic nitrogens is 1. The fourth-order valence-corrected chi connectivity index (χ4v) is 3.38. The van der Waals surface area contributed by atoms with E-state index in [4.69, 9.17) is 0 Å². The minimum atomic E-state index is 1.11. The van der Waals surface area contributed by atoms with Crippen LogP contribution in [0.15, 0.2) is 73.1 Å². The Balaban J connectivity index is 2.06. The summed E-state index contributed by atoms with van der Waals surface area (Å²) in [5, 5.41) is 2.64. The molecule has 1 heteroatoms. The van der Waals surface area contributed by atoms with Crippen LogP contribution in [0.5, 0.6) is 0 Å². The smallest absolute Gasteiger partial charge is 0.0488 e. The molecule has 0 fully saturated rings. The first-order chi connectivity index (χ1) is 10.9. The second-order valence-electron chi connectivity index (χ2n) is 5.79.